The van der Waals surface area contributed by atoms with Crippen LogP contribution >= 0.6 is 12.6 Å². The predicted octanol–water partition coefficient (Wildman–Crippen LogP) is 3.04. The number of hydrogen-bond donors (Lipinski definition) is 1. The quantitative estimate of drug-likeness (QED) is 0.609. The molecule has 1 heteroatoms. The van der Waals surface area contributed by atoms with E-state index in [1.165, 1.54) is 22.3 Å². The fraction of sp³-hybridized carbons (Fsp3) is 0.400. The van der Waals surface area contributed by atoms with Crippen molar-refractivity contribution in [3.63, 3.8) is 0 Å². The average molecular weight is 166 g/mol. The molecule has 0 aromatic heterocycles. The average Bonchev–Trinajstić information content (AvgIpc) is 1.97. The molecule has 60 valence electrons. The molecule has 0 atom stereocenters. The molecule has 0 saturated carbocycles. The van der Waals surface area contributed by atoms with E-state index in [0.29, 0.717) is 0 Å². The number of hydrogen-bond acceptors (Lipinski definition) is 1. The van der Waals surface area contributed by atoms with Gasteiger partial charge in [-0.3, -0.25) is 0 Å². The van der Waals surface area contributed by atoms with E-state index < -0.39 is 0 Å². The van der Waals surface area contributed by atoms with Crippen LogP contribution in [0, 0.1) is 20.8 Å². The third-order valence-corrected chi connectivity index (χ3v) is 2.46. The lowest BCUT2D eigenvalue weighted by Crippen LogP contribution is -1.89. The van der Waals surface area contributed by atoms with Gasteiger partial charge in [-0.25, -0.2) is 0 Å². The topological polar surface area (TPSA) is 0 Å². The van der Waals surface area contributed by atoms with E-state index in [1.54, 1.807) is 0 Å². The van der Waals surface area contributed by atoms with E-state index in [2.05, 4.69) is 45.5 Å². The van der Waals surface area contributed by atoms with Gasteiger partial charge in [0.15, 0.2) is 0 Å². The van der Waals surface area contributed by atoms with Crippen molar-refractivity contribution in [2.24, 2.45) is 0 Å². The van der Waals surface area contributed by atoms with Gasteiger partial charge in [0.1, 0.15) is 0 Å². The first-order valence-corrected chi connectivity index (χ1v) is 4.46. The Morgan fingerprint density at radius 1 is 1.00 bits per heavy atom. The Balaban J connectivity index is 3.21. The van der Waals surface area contributed by atoms with Gasteiger partial charge in [0.2, 0.25) is 0 Å². The first-order chi connectivity index (χ1) is 5.15. The van der Waals surface area contributed by atoms with Gasteiger partial charge in [-0.15, -0.1) is 0 Å². The molecule has 0 amide bonds. The Morgan fingerprint density at radius 3 is 2.09 bits per heavy atom. The standard InChI is InChI=1S/C10H14S/c1-7-4-9(3)10(6-11)5-8(7)2/h4-5,11H,6H2,1-3H3. The smallest absolute Gasteiger partial charge is 0.0156 e. The maximum atomic E-state index is 4.26. The zero-order valence-electron chi connectivity index (χ0n) is 7.31. The highest BCUT2D eigenvalue weighted by Gasteiger charge is 1.98. The van der Waals surface area contributed by atoms with Crippen LogP contribution in [0.25, 0.3) is 0 Å². The highest BCUT2D eigenvalue weighted by molar-refractivity contribution is 7.79. The van der Waals surface area contributed by atoms with Gasteiger partial charge >= 0.3 is 0 Å². The molecule has 0 aliphatic rings. The maximum Gasteiger partial charge on any atom is 0.0156 e. The van der Waals surface area contributed by atoms with Crippen molar-refractivity contribution in [2.75, 3.05) is 0 Å². The summed E-state index contributed by atoms with van der Waals surface area (Å²) in [4.78, 5) is 0. The van der Waals surface area contributed by atoms with Crippen molar-refractivity contribution in [1.82, 2.24) is 0 Å². The lowest BCUT2D eigenvalue weighted by atomic mass is 10.0. The lowest BCUT2D eigenvalue weighted by Gasteiger charge is -2.06. The molecule has 0 spiro atoms. The lowest BCUT2D eigenvalue weighted by molar-refractivity contribution is 1.23. The highest BCUT2D eigenvalue weighted by atomic mass is 32.1. The van der Waals surface area contributed by atoms with Gasteiger partial charge in [0, 0.05) is 5.75 Å². The highest BCUT2D eigenvalue weighted by Crippen LogP contribution is 2.16. The van der Waals surface area contributed by atoms with Crippen molar-refractivity contribution < 1.29 is 0 Å². The van der Waals surface area contributed by atoms with Gasteiger partial charge in [-0.1, -0.05) is 12.1 Å². The third-order valence-electron chi connectivity index (χ3n) is 2.12. The van der Waals surface area contributed by atoms with Crippen molar-refractivity contribution in [2.45, 2.75) is 26.5 Å². The van der Waals surface area contributed by atoms with Crippen molar-refractivity contribution in [3.05, 3.63) is 34.4 Å². The zero-order valence-corrected chi connectivity index (χ0v) is 8.20. The summed E-state index contributed by atoms with van der Waals surface area (Å²) in [7, 11) is 0. The zero-order chi connectivity index (χ0) is 8.43. The Kier molecular flexibility index (Phi) is 2.61. The molecule has 0 N–H and O–H groups in total. The second kappa shape index (κ2) is 3.31. The van der Waals surface area contributed by atoms with E-state index in [9.17, 15) is 0 Å². The minimum absolute atomic E-state index is 0.840. The molecule has 1 aromatic rings. The number of aryl methyl sites for hydroxylation is 3. The van der Waals surface area contributed by atoms with E-state index >= 15 is 0 Å². The summed E-state index contributed by atoms with van der Waals surface area (Å²) in [6, 6.07) is 4.44. The molecule has 11 heavy (non-hydrogen) atoms. The van der Waals surface area contributed by atoms with Crippen molar-refractivity contribution >= 4 is 12.6 Å². The molecule has 0 aliphatic carbocycles. The van der Waals surface area contributed by atoms with E-state index in [1.807, 2.05) is 0 Å². The summed E-state index contributed by atoms with van der Waals surface area (Å²) in [6.45, 7) is 6.42. The summed E-state index contributed by atoms with van der Waals surface area (Å²) in [5, 5.41) is 0. The molecule has 0 nitrogen and oxygen atoms in total. The summed E-state index contributed by atoms with van der Waals surface area (Å²) >= 11 is 4.26. The molecule has 0 fully saturated rings. The van der Waals surface area contributed by atoms with Crippen LogP contribution in [0.1, 0.15) is 22.3 Å². The van der Waals surface area contributed by atoms with Crippen LogP contribution in [0.15, 0.2) is 12.1 Å². The summed E-state index contributed by atoms with van der Waals surface area (Å²) in [5.74, 6) is 0.840. The van der Waals surface area contributed by atoms with Crippen LogP contribution in [-0.2, 0) is 5.75 Å². The Bertz CT molecular complexity index is 264. The first kappa shape index (κ1) is 8.66. The predicted molar refractivity (Wildman–Crippen MR) is 53.3 cm³/mol. The van der Waals surface area contributed by atoms with E-state index in [0.717, 1.165) is 5.75 Å². The van der Waals surface area contributed by atoms with Crippen LogP contribution in [0.2, 0.25) is 0 Å². The van der Waals surface area contributed by atoms with Crippen molar-refractivity contribution in [3.8, 4) is 0 Å². The van der Waals surface area contributed by atoms with Gasteiger partial charge in [0.05, 0.1) is 0 Å². The van der Waals surface area contributed by atoms with Gasteiger partial charge in [0.25, 0.3) is 0 Å². The Labute approximate surface area is 74.0 Å². The molecule has 0 bridgehead atoms. The molecule has 0 radical (unpaired) electrons. The molecular weight excluding hydrogens is 152 g/mol. The Morgan fingerprint density at radius 2 is 1.55 bits per heavy atom. The van der Waals surface area contributed by atoms with E-state index in [-0.39, 0.29) is 0 Å². The van der Waals surface area contributed by atoms with Crippen LogP contribution in [-0.4, -0.2) is 0 Å². The minimum Gasteiger partial charge on any atom is -0.175 e. The normalized spacial score (nSPS) is 10.2. The second-order valence-corrected chi connectivity index (χ2v) is 3.34. The molecule has 1 rings (SSSR count). The summed E-state index contributed by atoms with van der Waals surface area (Å²) in [6.07, 6.45) is 0. The summed E-state index contributed by atoms with van der Waals surface area (Å²) < 4.78 is 0. The SMILES string of the molecule is Cc1cc(C)c(CS)cc1C. The van der Waals surface area contributed by atoms with Gasteiger partial charge in [-0.2, -0.15) is 12.6 Å². The van der Waals surface area contributed by atoms with Crippen molar-refractivity contribution in [1.29, 1.82) is 0 Å². The third kappa shape index (κ3) is 1.78. The second-order valence-electron chi connectivity index (χ2n) is 3.02. The van der Waals surface area contributed by atoms with Crippen LogP contribution in [0.3, 0.4) is 0 Å². The van der Waals surface area contributed by atoms with Crippen LogP contribution in [0.5, 0.6) is 0 Å². The number of thiol groups is 1. The van der Waals surface area contributed by atoms with E-state index in [4.69, 9.17) is 0 Å². The van der Waals surface area contributed by atoms with Crippen LogP contribution in [0.4, 0.5) is 0 Å². The fourth-order valence-electron chi connectivity index (χ4n) is 1.19. The molecular formula is C10H14S. The fourth-order valence-corrected chi connectivity index (χ4v) is 1.53. The summed E-state index contributed by atoms with van der Waals surface area (Å²) in [5.41, 5.74) is 5.42. The monoisotopic (exact) mass is 166 g/mol. The minimum atomic E-state index is 0.840. The van der Waals surface area contributed by atoms with Gasteiger partial charge in [-0.05, 0) is 43.0 Å². The maximum absolute atomic E-state index is 4.26. The Hall–Kier alpha value is -0.430. The molecule has 0 unspecified atom stereocenters. The molecule has 0 saturated heterocycles. The van der Waals surface area contributed by atoms with Gasteiger partial charge < -0.3 is 0 Å². The largest absolute Gasteiger partial charge is 0.175 e. The van der Waals surface area contributed by atoms with Crippen LogP contribution < -0.4 is 0 Å². The number of rotatable bonds is 1. The number of benzene rings is 1. The molecule has 1 aromatic carbocycles. The molecule has 0 heterocycles. The molecule has 0 aliphatic heterocycles. The first-order valence-electron chi connectivity index (χ1n) is 3.82.